The molecule has 0 spiro atoms. The second-order valence-corrected chi connectivity index (χ2v) is 7.49. The predicted molar refractivity (Wildman–Crippen MR) is 120 cm³/mol. The Labute approximate surface area is 182 Å². The minimum Gasteiger partial charge on any atom is -0.497 e. The molecular formula is C24H27ClN2O3. The molecule has 6 heteroatoms. The summed E-state index contributed by atoms with van der Waals surface area (Å²) in [4.78, 5) is 15.2. The van der Waals surface area contributed by atoms with Crippen LogP contribution in [0.2, 0.25) is 5.02 Å². The van der Waals surface area contributed by atoms with Crippen molar-refractivity contribution in [1.82, 2.24) is 9.47 Å². The van der Waals surface area contributed by atoms with Crippen LogP contribution in [0.25, 0.3) is 0 Å². The van der Waals surface area contributed by atoms with Crippen LogP contribution in [0.1, 0.15) is 35.0 Å². The fourth-order valence-corrected chi connectivity index (χ4v) is 3.66. The van der Waals surface area contributed by atoms with Gasteiger partial charge in [-0.25, -0.2) is 0 Å². The van der Waals surface area contributed by atoms with E-state index in [1.54, 1.807) is 32.4 Å². The minimum absolute atomic E-state index is 0.0631. The van der Waals surface area contributed by atoms with Gasteiger partial charge < -0.3 is 18.9 Å². The second kappa shape index (κ2) is 10.2. The number of benzene rings is 2. The average Bonchev–Trinajstić information content (AvgIpc) is 3.19. The van der Waals surface area contributed by atoms with Gasteiger partial charge in [-0.15, -0.1) is 0 Å². The topological polar surface area (TPSA) is 43.7 Å². The first kappa shape index (κ1) is 21.8. The van der Waals surface area contributed by atoms with Gasteiger partial charge in [-0.3, -0.25) is 4.79 Å². The number of carbonyl (C=O) groups is 1. The fraction of sp³-hybridized carbons (Fsp3) is 0.292. The molecule has 3 rings (SSSR count). The molecule has 0 aliphatic carbocycles. The quantitative estimate of drug-likeness (QED) is 0.468. The van der Waals surface area contributed by atoms with E-state index in [2.05, 4.69) is 11.5 Å². The van der Waals surface area contributed by atoms with Crippen molar-refractivity contribution < 1.29 is 14.3 Å². The van der Waals surface area contributed by atoms with E-state index in [0.717, 1.165) is 22.7 Å². The van der Waals surface area contributed by atoms with E-state index < -0.39 is 0 Å². The van der Waals surface area contributed by atoms with Gasteiger partial charge in [0.15, 0.2) is 0 Å². The third-order valence-corrected chi connectivity index (χ3v) is 5.17. The van der Waals surface area contributed by atoms with Crippen molar-refractivity contribution in [2.75, 3.05) is 20.8 Å². The molecule has 1 amide bonds. The summed E-state index contributed by atoms with van der Waals surface area (Å²) in [6.07, 6.45) is 2.89. The van der Waals surface area contributed by atoms with Gasteiger partial charge in [-0.2, -0.15) is 0 Å². The Morgan fingerprint density at radius 1 is 1.07 bits per heavy atom. The maximum Gasteiger partial charge on any atom is 0.257 e. The zero-order valence-corrected chi connectivity index (χ0v) is 18.4. The summed E-state index contributed by atoms with van der Waals surface area (Å²) >= 11 is 6.13. The van der Waals surface area contributed by atoms with Crippen molar-refractivity contribution in [3.05, 3.63) is 82.6 Å². The minimum atomic E-state index is -0.0631. The number of aromatic nitrogens is 1. The number of rotatable bonds is 9. The average molecular weight is 427 g/mol. The summed E-state index contributed by atoms with van der Waals surface area (Å²) < 4.78 is 12.8. The predicted octanol–water partition coefficient (Wildman–Crippen LogP) is 5.26. The molecule has 0 N–H and O–H groups in total. The van der Waals surface area contributed by atoms with Gasteiger partial charge in [-0.1, -0.05) is 30.7 Å². The molecule has 0 fully saturated rings. The SMILES string of the molecule is CCCN(Cc1cccn1Cc1cccc(Cl)c1)C(=O)c1ccc(OC)cc1OC. The normalized spacial score (nSPS) is 10.7. The summed E-state index contributed by atoms with van der Waals surface area (Å²) in [5, 5.41) is 0.718. The van der Waals surface area contributed by atoms with Crippen molar-refractivity contribution in [3.8, 4) is 11.5 Å². The van der Waals surface area contributed by atoms with Gasteiger partial charge in [0.2, 0.25) is 0 Å². The maximum absolute atomic E-state index is 13.3. The van der Waals surface area contributed by atoms with Gasteiger partial charge in [0.1, 0.15) is 11.5 Å². The zero-order chi connectivity index (χ0) is 21.5. The number of ether oxygens (including phenoxy) is 2. The summed E-state index contributed by atoms with van der Waals surface area (Å²) in [6, 6.07) is 17.1. The second-order valence-electron chi connectivity index (χ2n) is 7.05. The first-order valence-electron chi connectivity index (χ1n) is 9.95. The summed E-state index contributed by atoms with van der Waals surface area (Å²) in [5.74, 6) is 1.10. The van der Waals surface area contributed by atoms with Gasteiger partial charge in [0.25, 0.3) is 5.91 Å². The van der Waals surface area contributed by atoms with E-state index in [0.29, 0.717) is 36.7 Å². The molecule has 0 aliphatic rings. The third-order valence-electron chi connectivity index (χ3n) is 4.94. The number of carbonyl (C=O) groups excluding carboxylic acids is 1. The first-order valence-corrected chi connectivity index (χ1v) is 10.3. The van der Waals surface area contributed by atoms with Gasteiger partial charge in [-0.05, 0) is 48.4 Å². The highest BCUT2D eigenvalue weighted by molar-refractivity contribution is 6.30. The first-order chi connectivity index (χ1) is 14.5. The standard InChI is InChI=1S/C24H27ClN2O3/c1-4-12-27(24(28)22-11-10-21(29-2)15-23(22)30-3)17-20-9-6-13-26(20)16-18-7-5-8-19(25)14-18/h5-11,13-15H,4,12,16-17H2,1-3H3. The third kappa shape index (κ3) is 5.16. The number of halogens is 1. The Kier molecular flexibility index (Phi) is 7.41. The Bertz CT molecular complexity index is 1000. The van der Waals surface area contributed by atoms with E-state index in [1.807, 2.05) is 47.5 Å². The van der Waals surface area contributed by atoms with Crippen LogP contribution in [0.4, 0.5) is 0 Å². The van der Waals surface area contributed by atoms with Crippen molar-refractivity contribution in [2.45, 2.75) is 26.4 Å². The Morgan fingerprint density at radius 2 is 1.90 bits per heavy atom. The molecule has 1 aromatic heterocycles. The molecule has 2 aromatic carbocycles. The number of hydrogen-bond donors (Lipinski definition) is 0. The Morgan fingerprint density at radius 3 is 2.60 bits per heavy atom. The molecule has 158 valence electrons. The lowest BCUT2D eigenvalue weighted by molar-refractivity contribution is 0.0736. The fourth-order valence-electron chi connectivity index (χ4n) is 3.44. The number of methoxy groups -OCH3 is 2. The van der Waals surface area contributed by atoms with E-state index in [1.165, 1.54) is 0 Å². The van der Waals surface area contributed by atoms with E-state index in [4.69, 9.17) is 21.1 Å². The number of nitrogens with zero attached hydrogens (tertiary/aromatic N) is 2. The molecule has 3 aromatic rings. The molecule has 0 unspecified atom stereocenters. The smallest absolute Gasteiger partial charge is 0.257 e. The lowest BCUT2D eigenvalue weighted by atomic mass is 10.1. The Balaban J connectivity index is 1.83. The molecule has 1 heterocycles. The molecule has 0 saturated heterocycles. The van der Waals surface area contributed by atoms with Crippen molar-refractivity contribution in [2.24, 2.45) is 0 Å². The summed E-state index contributed by atoms with van der Waals surface area (Å²) in [5.41, 5.74) is 2.70. The highest BCUT2D eigenvalue weighted by Gasteiger charge is 2.21. The largest absolute Gasteiger partial charge is 0.497 e. The molecule has 0 bridgehead atoms. The highest BCUT2D eigenvalue weighted by Crippen LogP contribution is 2.26. The molecule has 30 heavy (non-hydrogen) atoms. The zero-order valence-electron chi connectivity index (χ0n) is 17.6. The van der Waals surface area contributed by atoms with Gasteiger partial charge in [0, 0.05) is 36.1 Å². The van der Waals surface area contributed by atoms with Crippen LogP contribution in [-0.2, 0) is 13.1 Å². The monoisotopic (exact) mass is 426 g/mol. The van der Waals surface area contributed by atoms with Crippen molar-refractivity contribution in [1.29, 1.82) is 0 Å². The lowest BCUT2D eigenvalue weighted by Crippen LogP contribution is -2.32. The molecule has 0 radical (unpaired) electrons. The van der Waals surface area contributed by atoms with E-state index in [9.17, 15) is 4.79 Å². The van der Waals surface area contributed by atoms with Crippen LogP contribution in [0.15, 0.2) is 60.8 Å². The van der Waals surface area contributed by atoms with Crippen molar-refractivity contribution in [3.63, 3.8) is 0 Å². The van der Waals surface area contributed by atoms with Crippen LogP contribution < -0.4 is 9.47 Å². The number of hydrogen-bond acceptors (Lipinski definition) is 3. The van der Waals surface area contributed by atoms with Crippen LogP contribution >= 0.6 is 11.6 Å². The Hall–Kier alpha value is -2.92. The van der Waals surface area contributed by atoms with E-state index in [-0.39, 0.29) is 5.91 Å². The highest BCUT2D eigenvalue weighted by atomic mass is 35.5. The van der Waals surface area contributed by atoms with Crippen LogP contribution in [0.5, 0.6) is 11.5 Å². The van der Waals surface area contributed by atoms with Crippen LogP contribution in [-0.4, -0.2) is 36.1 Å². The summed E-state index contributed by atoms with van der Waals surface area (Å²) in [7, 11) is 3.15. The lowest BCUT2D eigenvalue weighted by Gasteiger charge is -2.24. The van der Waals surface area contributed by atoms with Gasteiger partial charge in [0.05, 0.1) is 26.3 Å². The molecule has 0 atom stereocenters. The number of amides is 1. The molecule has 0 aliphatic heterocycles. The summed E-state index contributed by atoms with van der Waals surface area (Å²) in [6.45, 7) is 3.92. The molecule has 5 nitrogen and oxygen atoms in total. The van der Waals surface area contributed by atoms with Crippen LogP contribution in [0.3, 0.4) is 0 Å². The van der Waals surface area contributed by atoms with Gasteiger partial charge >= 0.3 is 0 Å². The molecule has 0 saturated carbocycles. The van der Waals surface area contributed by atoms with Crippen LogP contribution in [0, 0.1) is 0 Å². The maximum atomic E-state index is 13.3. The van der Waals surface area contributed by atoms with Crippen molar-refractivity contribution >= 4 is 17.5 Å². The molecular weight excluding hydrogens is 400 g/mol. The van der Waals surface area contributed by atoms with E-state index >= 15 is 0 Å².